The lowest BCUT2D eigenvalue weighted by Gasteiger charge is -2.27. The van der Waals surface area contributed by atoms with Gasteiger partial charge in [0.2, 0.25) is 6.43 Å². The first kappa shape index (κ1) is 11.6. The molecule has 0 atom stereocenters. The zero-order chi connectivity index (χ0) is 10.7. The van der Waals surface area contributed by atoms with E-state index in [9.17, 15) is 13.6 Å². The quantitative estimate of drug-likeness (QED) is 0.689. The molecule has 1 aliphatic rings. The van der Waals surface area contributed by atoms with Gasteiger partial charge in [0.1, 0.15) is 5.78 Å². The van der Waals surface area contributed by atoms with Crippen LogP contribution in [0.25, 0.3) is 0 Å². The summed E-state index contributed by atoms with van der Waals surface area (Å²) in [6, 6.07) is 0. The number of carbonyl (C=O) groups excluding carboxylic acids is 1. The number of halogens is 2. The summed E-state index contributed by atoms with van der Waals surface area (Å²) in [5.41, 5.74) is 0. The van der Waals surface area contributed by atoms with Crippen LogP contribution in [0.3, 0.4) is 0 Å². The molecule has 1 aliphatic carbocycles. The first-order valence-corrected chi connectivity index (χ1v) is 5.34. The smallest absolute Gasteiger partial charge is 0.241 e. The van der Waals surface area contributed by atoms with Gasteiger partial charge in [-0.25, -0.2) is 8.78 Å². The van der Waals surface area contributed by atoms with Gasteiger partial charge < -0.3 is 0 Å². The summed E-state index contributed by atoms with van der Waals surface area (Å²) in [5, 5.41) is 0. The molecule has 1 fully saturated rings. The maximum absolute atomic E-state index is 12.3. The van der Waals surface area contributed by atoms with Crippen LogP contribution in [0.5, 0.6) is 0 Å². The van der Waals surface area contributed by atoms with Crippen molar-refractivity contribution >= 4 is 5.78 Å². The van der Waals surface area contributed by atoms with E-state index in [0.29, 0.717) is 25.7 Å². The molecule has 14 heavy (non-hydrogen) atoms. The number of Topliss-reactive ketones (excluding diaryl/α,β-unsaturated/α-hetero) is 1. The van der Waals surface area contributed by atoms with Crippen LogP contribution in [0.15, 0.2) is 0 Å². The zero-order valence-electron chi connectivity index (χ0n) is 8.80. The van der Waals surface area contributed by atoms with Gasteiger partial charge in [0.15, 0.2) is 0 Å². The van der Waals surface area contributed by atoms with E-state index >= 15 is 0 Å². The van der Waals surface area contributed by atoms with E-state index in [1.54, 1.807) is 0 Å². The van der Waals surface area contributed by atoms with Crippen LogP contribution in [0.4, 0.5) is 8.78 Å². The van der Waals surface area contributed by atoms with Crippen molar-refractivity contribution in [1.82, 2.24) is 0 Å². The molecule has 0 saturated heterocycles. The number of hydrogen-bond donors (Lipinski definition) is 0. The minimum absolute atomic E-state index is 0.0445. The van der Waals surface area contributed by atoms with Gasteiger partial charge in [-0.1, -0.05) is 13.8 Å². The normalized spacial score (nSPS) is 28.4. The fourth-order valence-electron chi connectivity index (χ4n) is 2.13. The number of rotatable bonds is 3. The molecule has 0 N–H and O–H groups in total. The van der Waals surface area contributed by atoms with Gasteiger partial charge in [0.25, 0.3) is 0 Å². The summed E-state index contributed by atoms with van der Waals surface area (Å²) >= 11 is 0. The molecule has 1 saturated carbocycles. The highest BCUT2D eigenvalue weighted by atomic mass is 19.3. The van der Waals surface area contributed by atoms with Gasteiger partial charge >= 0.3 is 0 Å². The Morgan fingerprint density at radius 3 is 2.00 bits per heavy atom. The van der Waals surface area contributed by atoms with Gasteiger partial charge in [0.05, 0.1) is 0 Å². The van der Waals surface area contributed by atoms with Gasteiger partial charge in [-0.05, 0) is 25.7 Å². The van der Waals surface area contributed by atoms with Gasteiger partial charge in [-0.2, -0.15) is 0 Å². The summed E-state index contributed by atoms with van der Waals surface area (Å²) in [6.45, 7) is 3.75. The Bertz CT molecular complexity index is 193. The standard InChI is InChI=1S/C11H18F2O/c1-7(2)10(14)8-3-5-9(6-4-8)11(12)13/h7-9,11H,3-6H2,1-2H3. The van der Waals surface area contributed by atoms with Crippen LogP contribution in [-0.2, 0) is 4.79 Å². The number of hydrogen-bond acceptors (Lipinski definition) is 1. The van der Waals surface area contributed by atoms with Crippen molar-refractivity contribution in [2.24, 2.45) is 17.8 Å². The highest BCUT2D eigenvalue weighted by molar-refractivity contribution is 5.82. The molecule has 0 heterocycles. The monoisotopic (exact) mass is 204 g/mol. The molecular weight excluding hydrogens is 186 g/mol. The molecule has 82 valence electrons. The van der Waals surface area contributed by atoms with Crippen LogP contribution in [-0.4, -0.2) is 12.2 Å². The Balaban J connectivity index is 2.39. The van der Waals surface area contributed by atoms with Crippen molar-refractivity contribution in [2.75, 3.05) is 0 Å². The lowest BCUT2D eigenvalue weighted by molar-refractivity contribution is -0.127. The second kappa shape index (κ2) is 4.85. The van der Waals surface area contributed by atoms with Crippen molar-refractivity contribution < 1.29 is 13.6 Å². The van der Waals surface area contributed by atoms with Gasteiger partial charge in [0, 0.05) is 17.8 Å². The van der Waals surface area contributed by atoms with Crippen molar-refractivity contribution in [3.8, 4) is 0 Å². The maximum atomic E-state index is 12.3. The molecule has 0 bridgehead atoms. The van der Waals surface area contributed by atoms with Crippen molar-refractivity contribution in [3.05, 3.63) is 0 Å². The van der Waals surface area contributed by atoms with Gasteiger partial charge in [-0.3, -0.25) is 4.79 Å². The molecule has 0 aliphatic heterocycles. The predicted octanol–water partition coefficient (Wildman–Crippen LogP) is 3.28. The molecule has 0 radical (unpaired) electrons. The van der Waals surface area contributed by atoms with Crippen molar-refractivity contribution in [1.29, 1.82) is 0 Å². The first-order chi connectivity index (χ1) is 6.52. The second-order valence-corrected chi connectivity index (χ2v) is 4.50. The average Bonchev–Trinajstić information content (AvgIpc) is 2.16. The van der Waals surface area contributed by atoms with Crippen LogP contribution in [0, 0.1) is 17.8 Å². The van der Waals surface area contributed by atoms with Crippen LogP contribution < -0.4 is 0 Å². The van der Waals surface area contributed by atoms with E-state index in [-0.39, 0.29) is 17.6 Å². The molecule has 1 rings (SSSR count). The van der Waals surface area contributed by atoms with Crippen LogP contribution >= 0.6 is 0 Å². The summed E-state index contributed by atoms with van der Waals surface area (Å²) in [6.07, 6.45) is 0.143. The Hall–Kier alpha value is -0.470. The Kier molecular flexibility index (Phi) is 4.02. The molecule has 0 amide bonds. The molecule has 0 aromatic carbocycles. The topological polar surface area (TPSA) is 17.1 Å². The first-order valence-electron chi connectivity index (χ1n) is 5.34. The van der Waals surface area contributed by atoms with E-state index in [0.717, 1.165) is 0 Å². The van der Waals surface area contributed by atoms with Gasteiger partial charge in [-0.15, -0.1) is 0 Å². The molecule has 1 nitrogen and oxygen atoms in total. The van der Waals surface area contributed by atoms with E-state index in [1.165, 1.54) is 0 Å². The van der Waals surface area contributed by atoms with Crippen LogP contribution in [0.1, 0.15) is 39.5 Å². The highest BCUT2D eigenvalue weighted by Crippen LogP contribution is 2.33. The van der Waals surface area contributed by atoms with E-state index < -0.39 is 12.3 Å². The largest absolute Gasteiger partial charge is 0.299 e. The number of carbonyl (C=O) groups is 1. The van der Waals surface area contributed by atoms with Crippen molar-refractivity contribution in [2.45, 2.75) is 46.0 Å². The molecule has 0 aromatic rings. The predicted molar refractivity (Wildman–Crippen MR) is 51.3 cm³/mol. The minimum atomic E-state index is -2.20. The summed E-state index contributed by atoms with van der Waals surface area (Å²) in [7, 11) is 0. The fourth-order valence-corrected chi connectivity index (χ4v) is 2.13. The Morgan fingerprint density at radius 1 is 1.14 bits per heavy atom. The zero-order valence-corrected chi connectivity index (χ0v) is 8.80. The third kappa shape index (κ3) is 2.76. The summed E-state index contributed by atoms with van der Waals surface area (Å²) in [4.78, 5) is 11.6. The van der Waals surface area contributed by atoms with E-state index in [2.05, 4.69) is 0 Å². The molecule has 0 spiro atoms. The molecule has 0 unspecified atom stereocenters. The molecule has 0 aromatic heterocycles. The van der Waals surface area contributed by atoms with Crippen molar-refractivity contribution in [3.63, 3.8) is 0 Å². The summed E-state index contributed by atoms with van der Waals surface area (Å²) in [5.74, 6) is -0.128. The maximum Gasteiger partial charge on any atom is 0.241 e. The minimum Gasteiger partial charge on any atom is -0.299 e. The van der Waals surface area contributed by atoms with Crippen LogP contribution in [0.2, 0.25) is 0 Å². The Labute approximate surface area is 83.9 Å². The number of ketones is 1. The second-order valence-electron chi connectivity index (χ2n) is 4.50. The highest BCUT2D eigenvalue weighted by Gasteiger charge is 2.31. The number of alkyl halides is 2. The lowest BCUT2D eigenvalue weighted by atomic mass is 9.78. The molecular formula is C11H18F2O. The molecule has 3 heteroatoms. The van der Waals surface area contributed by atoms with E-state index in [1.807, 2.05) is 13.8 Å². The third-order valence-corrected chi connectivity index (χ3v) is 3.10. The summed E-state index contributed by atoms with van der Waals surface area (Å²) < 4.78 is 24.6. The third-order valence-electron chi connectivity index (χ3n) is 3.10. The SMILES string of the molecule is CC(C)C(=O)C1CCC(C(F)F)CC1. The lowest BCUT2D eigenvalue weighted by Crippen LogP contribution is -2.27. The van der Waals surface area contributed by atoms with E-state index in [4.69, 9.17) is 0 Å². The fraction of sp³-hybridized carbons (Fsp3) is 0.909. The average molecular weight is 204 g/mol. The Morgan fingerprint density at radius 2 is 1.64 bits per heavy atom.